The predicted octanol–water partition coefficient (Wildman–Crippen LogP) is 3.65. The smallest absolute Gasteiger partial charge is 0.337 e. The van der Waals surface area contributed by atoms with Gasteiger partial charge in [0.2, 0.25) is 5.91 Å². The molecule has 0 radical (unpaired) electrons. The summed E-state index contributed by atoms with van der Waals surface area (Å²) in [6.07, 6.45) is 2.79. The molecule has 162 valence electrons. The van der Waals surface area contributed by atoms with Gasteiger partial charge in [0, 0.05) is 49.0 Å². The van der Waals surface area contributed by atoms with Crippen molar-refractivity contribution in [1.82, 2.24) is 0 Å². The maximum atomic E-state index is 12.2. The number of aromatic carboxylic acids is 1. The average Bonchev–Trinajstić information content (AvgIpc) is 2.73. The number of nitrogens with zero attached hydrogens (tertiary/aromatic N) is 2. The monoisotopic (exact) mass is 421 g/mol. The van der Waals surface area contributed by atoms with E-state index in [1.165, 1.54) is 0 Å². The van der Waals surface area contributed by atoms with Gasteiger partial charge in [-0.15, -0.1) is 0 Å². The zero-order valence-corrected chi connectivity index (χ0v) is 17.6. The Bertz CT molecular complexity index is 990. The number of Topliss-reactive ketones (excluding diaryl/α,β-unsaturated/α-hetero) is 1. The molecule has 2 aromatic carbocycles. The zero-order chi connectivity index (χ0) is 22.0. The number of ketones is 1. The van der Waals surface area contributed by atoms with Crippen molar-refractivity contribution < 1.29 is 19.5 Å². The van der Waals surface area contributed by atoms with Crippen molar-refractivity contribution >= 4 is 34.7 Å². The second kappa shape index (κ2) is 8.79. The van der Waals surface area contributed by atoms with Crippen LogP contribution in [0, 0.1) is 5.92 Å². The first-order valence-electron chi connectivity index (χ1n) is 10.7. The molecule has 2 fully saturated rings. The number of rotatable bonds is 6. The lowest BCUT2D eigenvalue weighted by Crippen LogP contribution is -2.46. The van der Waals surface area contributed by atoms with Gasteiger partial charge in [-0.05, 0) is 62.2 Å². The summed E-state index contributed by atoms with van der Waals surface area (Å²) >= 11 is 0. The molecule has 2 aromatic rings. The minimum Gasteiger partial charge on any atom is -0.478 e. The van der Waals surface area contributed by atoms with Crippen LogP contribution in [0.2, 0.25) is 0 Å². The number of carboxylic acid groups (broad SMARTS) is 1. The molecular weight excluding hydrogens is 394 g/mol. The van der Waals surface area contributed by atoms with Crippen LogP contribution in [0.3, 0.4) is 0 Å². The average molecular weight is 421 g/mol. The number of carbonyl (C=O) groups excluding carboxylic acids is 2. The predicted molar refractivity (Wildman–Crippen MR) is 120 cm³/mol. The van der Waals surface area contributed by atoms with Crippen LogP contribution in [0.5, 0.6) is 0 Å². The second-order valence-corrected chi connectivity index (χ2v) is 8.23. The highest BCUT2D eigenvalue weighted by Gasteiger charge is 2.27. The highest BCUT2D eigenvalue weighted by Crippen LogP contribution is 2.30. The first-order chi connectivity index (χ1) is 14.9. The van der Waals surface area contributed by atoms with E-state index in [4.69, 9.17) is 0 Å². The molecular formula is C24H27N3O4. The first kappa shape index (κ1) is 20.9. The molecule has 2 aliphatic rings. The molecule has 7 nitrogen and oxygen atoms in total. The Labute approximate surface area is 181 Å². The lowest BCUT2D eigenvalue weighted by atomic mass is 9.85. The van der Waals surface area contributed by atoms with E-state index in [9.17, 15) is 19.5 Å². The molecule has 0 unspecified atom stereocenters. The van der Waals surface area contributed by atoms with E-state index in [-0.39, 0.29) is 23.2 Å². The molecule has 0 aromatic heterocycles. The number of nitrogens with one attached hydrogen (secondary N) is 1. The van der Waals surface area contributed by atoms with Gasteiger partial charge in [0.1, 0.15) is 0 Å². The van der Waals surface area contributed by atoms with Gasteiger partial charge in [0.05, 0.1) is 11.3 Å². The summed E-state index contributed by atoms with van der Waals surface area (Å²) in [6.45, 7) is 4.65. The van der Waals surface area contributed by atoms with Gasteiger partial charge in [0.25, 0.3) is 0 Å². The third-order valence-electron chi connectivity index (χ3n) is 6.25. The molecule has 4 rings (SSSR count). The number of amides is 1. The Morgan fingerprint density at radius 3 is 2.00 bits per heavy atom. The van der Waals surface area contributed by atoms with Crippen molar-refractivity contribution in [3.05, 3.63) is 53.6 Å². The van der Waals surface area contributed by atoms with Crippen LogP contribution in [0.1, 0.15) is 46.9 Å². The maximum absolute atomic E-state index is 12.2. The molecule has 0 atom stereocenters. The summed E-state index contributed by atoms with van der Waals surface area (Å²) in [6, 6.07) is 12.8. The van der Waals surface area contributed by atoms with Gasteiger partial charge in [-0.3, -0.25) is 9.59 Å². The van der Waals surface area contributed by atoms with Crippen LogP contribution >= 0.6 is 0 Å². The quantitative estimate of drug-likeness (QED) is 0.692. The third-order valence-corrected chi connectivity index (χ3v) is 6.25. The SMILES string of the molecule is CC(=O)c1ccc(N2CCN(c3ccc(NC(=O)C4CCC4)c(C(=O)O)c3)CC2)cc1. The van der Waals surface area contributed by atoms with Gasteiger partial charge in [-0.2, -0.15) is 0 Å². The van der Waals surface area contributed by atoms with E-state index >= 15 is 0 Å². The van der Waals surface area contributed by atoms with Gasteiger partial charge in [-0.1, -0.05) is 6.42 Å². The third kappa shape index (κ3) is 4.55. The molecule has 2 N–H and O–H groups in total. The van der Waals surface area contributed by atoms with Crippen LogP contribution in [0.4, 0.5) is 17.1 Å². The van der Waals surface area contributed by atoms with Crippen molar-refractivity contribution in [3.63, 3.8) is 0 Å². The fraction of sp³-hybridized carbons (Fsp3) is 0.375. The topological polar surface area (TPSA) is 90.0 Å². The van der Waals surface area contributed by atoms with Crippen molar-refractivity contribution in [3.8, 4) is 0 Å². The number of hydrogen-bond donors (Lipinski definition) is 2. The van der Waals surface area contributed by atoms with Crippen LogP contribution in [0.15, 0.2) is 42.5 Å². The Morgan fingerprint density at radius 2 is 1.48 bits per heavy atom. The minimum atomic E-state index is -1.05. The van der Waals surface area contributed by atoms with E-state index in [1.54, 1.807) is 19.1 Å². The summed E-state index contributed by atoms with van der Waals surface area (Å²) in [5, 5.41) is 12.5. The zero-order valence-electron chi connectivity index (χ0n) is 17.6. The molecule has 1 aliphatic carbocycles. The summed E-state index contributed by atoms with van der Waals surface area (Å²) in [5.74, 6) is -1.09. The van der Waals surface area contributed by atoms with Crippen LogP contribution in [-0.4, -0.2) is 48.9 Å². The van der Waals surface area contributed by atoms with Crippen LogP contribution < -0.4 is 15.1 Å². The molecule has 1 aliphatic heterocycles. The van der Waals surface area contributed by atoms with Crippen molar-refractivity contribution in [1.29, 1.82) is 0 Å². The van der Waals surface area contributed by atoms with Crippen molar-refractivity contribution in [2.45, 2.75) is 26.2 Å². The van der Waals surface area contributed by atoms with Crippen molar-refractivity contribution in [2.75, 3.05) is 41.3 Å². The maximum Gasteiger partial charge on any atom is 0.337 e. The molecule has 7 heteroatoms. The summed E-state index contributed by atoms with van der Waals surface area (Å²) in [4.78, 5) is 39.9. The minimum absolute atomic E-state index is 0.00101. The van der Waals surface area contributed by atoms with E-state index in [1.807, 2.05) is 30.3 Å². The summed E-state index contributed by atoms with van der Waals surface area (Å²) in [5.41, 5.74) is 3.09. The molecule has 0 bridgehead atoms. The highest BCUT2D eigenvalue weighted by molar-refractivity contribution is 6.02. The largest absolute Gasteiger partial charge is 0.478 e. The van der Waals surface area contributed by atoms with Gasteiger partial charge in [-0.25, -0.2) is 4.79 Å². The molecule has 1 heterocycles. The van der Waals surface area contributed by atoms with E-state index < -0.39 is 5.97 Å². The van der Waals surface area contributed by atoms with Gasteiger partial charge < -0.3 is 20.2 Å². The number of carbonyl (C=O) groups is 3. The Hall–Kier alpha value is -3.35. The number of carboxylic acids is 1. The molecule has 31 heavy (non-hydrogen) atoms. The van der Waals surface area contributed by atoms with E-state index in [2.05, 4.69) is 15.1 Å². The number of hydrogen-bond acceptors (Lipinski definition) is 5. The van der Waals surface area contributed by atoms with E-state index in [0.29, 0.717) is 11.3 Å². The lowest BCUT2D eigenvalue weighted by Gasteiger charge is -2.37. The Morgan fingerprint density at radius 1 is 0.903 bits per heavy atom. The fourth-order valence-electron chi connectivity index (χ4n) is 4.05. The Balaban J connectivity index is 1.42. The molecule has 0 spiro atoms. The molecule has 1 amide bonds. The van der Waals surface area contributed by atoms with Gasteiger partial charge in [0.15, 0.2) is 5.78 Å². The van der Waals surface area contributed by atoms with Crippen LogP contribution in [0.25, 0.3) is 0 Å². The molecule has 1 saturated heterocycles. The highest BCUT2D eigenvalue weighted by atomic mass is 16.4. The Kier molecular flexibility index (Phi) is 5.93. The number of benzene rings is 2. The van der Waals surface area contributed by atoms with Crippen molar-refractivity contribution in [2.24, 2.45) is 5.92 Å². The fourth-order valence-corrected chi connectivity index (χ4v) is 4.05. The standard InChI is InChI=1S/C24H27N3O4/c1-16(28)17-5-7-19(8-6-17)26-11-13-27(14-12-26)20-9-10-22(21(15-20)24(30)31)25-23(29)18-3-2-4-18/h5-10,15,18H,2-4,11-14H2,1H3,(H,25,29)(H,30,31). The summed E-state index contributed by atoms with van der Waals surface area (Å²) < 4.78 is 0. The van der Waals surface area contributed by atoms with Crippen LogP contribution in [-0.2, 0) is 4.79 Å². The lowest BCUT2D eigenvalue weighted by molar-refractivity contribution is -0.122. The summed E-state index contributed by atoms with van der Waals surface area (Å²) in [7, 11) is 0. The molecule has 1 saturated carbocycles. The number of piperazine rings is 1. The normalized spacial score (nSPS) is 16.5. The van der Waals surface area contributed by atoms with Gasteiger partial charge >= 0.3 is 5.97 Å². The second-order valence-electron chi connectivity index (χ2n) is 8.23. The first-order valence-corrected chi connectivity index (χ1v) is 10.7. The van der Waals surface area contributed by atoms with E-state index in [0.717, 1.165) is 56.8 Å². The number of anilines is 3.